The van der Waals surface area contributed by atoms with Gasteiger partial charge in [-0.2, -0.15) is 0 Å². The average molecular weight is 249 g/mol. The summed E-state index contributed by atoms with van der Waals surface area (Å²) < 4.78 is 0. The maximum atomic E-state index is 12.3. The van der Waals surface area contributed by atoms with Gasteiger partial charge in [0.2, 0.25) is 0 Å². The van der Waals surface area contributed by atoms with Gasteiger partial charge in [-0.05, 0) is 37.0 Å². The van der Waals surface area contributed by atoms with Gasteiger partial charge in [0.15, 0.2) is 0 Å². The molecule has 1 aromatic carbocycles. The molecule has 0 radical (unpaired) electrons. The van der Waals surface area contributed by atoms with Gasteiger partial charge < -0.3 is 10.0 Å². The number of phenolic OH excluding ortho intramolecular Hbond substituents is 1. The first-order valence-corrected chi connectivity index (χ1v) is 6.21. The van der Waals surface area contributed by atoms with E-state index in [1.165, 1.54) is 0 Å². The molecule has 3 heteroatoms. The van der Waals surface area contributed by atoms with Crippen LogP contribution in [0, 0.1) is 12.3 Å². The van der Waals surface area contributed by atoms with E-state index >= 15 is 0 Å². The van der Waals surface area contributed by atoms with Crippen LogP contribution in [0.15, 0.2) is 18.2 Å². The van der Waals surface area contributed by atoms with Crippen LogP contribution < -0.4 is 0 Å². The number of phenols is 1. The summed E-state index contributed by atoms with van der Waals surface area (Å²) in [6.07, 6.45) is 0. The predicted octanol–water partition coefficient (Wildman–Crippen LogP) is 3.21. The number of amides is 1. The normalized spacial score (nSPS) is 13.2. The van der Waals surface area contributed by atoms with Gasteiger partial charge in [-0.25, -0.2) is 0 Å². The summed E-state index contributed by atoms with van der Waals surface area (Å²) in [5, 5.41) is 9.85. The Hall–Kier alpha value is -1.51. The van der Waals surface area contributed by atoms with Gasteiger partial charge in [0.05, 0.1) is 5.56 Å². The number of aryl methyl sites for hydroxylation is 1. The third-order valence-corrected chi connectivity index (χ3v) is 3.54. The molecule has 1 atom stereocenters. The van der Waals surface area contributed by atoms with Crippen molar-refractivity contribution in [3.63, 3.8) is 0 Å². The average Bonchev–Trinajstić information content (AvgIpc) is 2.25. The lowest BCUT2D eigenvalue weighted by Gasteiger charge is -2.35. The lowest BCUT2D eigenvalue weighted by Crippen LogP contribution is -2.42. The van der Waals surface area contributed by atoms with E-state index in [2.05, 4.69) is 20.8 Å². The molecule has 0 fully saturated rings. The van der Waals surface area contributed by atoms with E-state index < -0.39 is 0 Å². The van der Waals surface area contributed by atoms with Crippen molar-refractivity contribution < 1.29 is 9.90 Å². The Bertz CT molecular complexity index is 446. The highest BCUT2D eigenvalue weighted by molar-refractivity contribution is 5.97. The number of benzene rings is 1. The van der Waals surface area contributed by atoms with Crippen molar-refractivity contribution in [3.8, 4) is 5.75 Å². The predicted molar refractivity (Wildman–Crippen MR) is 73.9 cm³/mol. The maximum absolute atomic E-state index is 12.3. The minimum atomic E-state index is -0.144. The Morgan fingerprint density at radius 1 is 1.33 bits per heavy atom. The van der Waals surface area contributed by atoms with E-state index in [0.29, 0.717) is 5.56 Å². The SMILES string of the molecule is Cc1ccc(C(=O)N(C)C(C)C(C)(C)C)c(O)c1. The minimum absolute atomic E-state index is 0.00469. The van der Waals surface area contributed by atoms with Gasteiger partial charge in [-0.15, -0.1) is 0 Å². The molecule has 1 aromatic rings. The zero-order valence-corrected chi connectivity index (χ0v) is 12.1. The van der Waals surface area contributed by atoms with Gasteiger partial charge in [-0.3, -0.25) is 4.79 Å². The van der Waals surface area contributed by atoms with Gasteiger partial charge in [-0.1, -0.05) is 26.8 Å². The van der Waals surface area contributed by atoms with Crippen LogP contribution in [0.25, 0.3) is 0 Å². The molecule has 0 bridgehead atoms. The Morgan fingerprint density at radius 2 is 1.89 bits per heavy atom. The van der Waals surface area contributed by atoms with Crippen LogP contribution in [0.2, 0.25) is 0 Å². The number of hydrogen-bond donors (Lipinski definition) is 1. The molecule has 0 aliphatic heterocycles. The number of carbonyl (C=O) groups excluding carboxylic acids is 1. The highest BCUT2D eigenvalue weighted by Crippen LogP contribution is 2.26. The Morgan fingerprint density at radius 3 is 2.33 bits per heavy atom. The summed E-state index contributed by atoms with van der Waals surface area (Å²) >= 11 is 0. The molecular weight excluding hydrogens is 226 g/mol. The van der Waals surface area contributed by atoms with Crippen molar-refractivity contribution >= 4 is 5.91 Å². The third kappa shape index (κ3) is 3.03. The van der Waals surface area contributed by atoms with Gasteiger partial charge in [0, 0.05) is 13.1 Å². The first-order chi connectivity index (χ1) is 8.14. The molecule has 3 nitrogen and oxygen atoms in total. The van der Waals surface area contributed by atoms with Crippen molar-refractivity contribution in [2.75, 3.05) is 7.05 Å². The number of rotatable bonds is 2. The quantitative estimate of drug-likeness (QED) is 0.874. The lowest BCUT2D eigenvalue weighted by atomic mass is 9.87. The summed E-state index contributed by atoms with van der Waals surface area (Å²) in [6, 6.07) is 5.22. The van der Waals surface area contributed by atoms with Crippen molar-refractivity contribution in [3.05, 3.63) is 29.3 Å². The van der Waals surface area contributed by atoms with Crippen molar-refractivity contribution in [1.29, 1.82) is 0 Å². The first kappa shape index (κ1) is 14.6. The second-order valence-electron chi connectivity index (χ2n) is 5.98. The van der Waals surface area contributed by atoms with Gasteiger partial charge in [0.1, 0.15) is 5.75 Å². The van der Waals surface area contributed by atoms with Crippen LogP contribution in [0.5, 0.6) is 5.75 Å². The Kier molecular flexibility index (Phi) is 4.05. The van der Waals surface area contributed by atoms with E-state index in [1.807, 2.05) is 19.9 Å². The van der Waals surface area contributed by atoms with Crippen molar-refractivity contribution in [1.82, 2.24) is 4.90 Å². The molecule has 100 valence electrons. The maximum Gasteiger partial charge on any atom is 0.257 e. The van der Waals surface area contributed by atoms with Crippen LogP contribution in [-0.4, -0.2) is 29.0 Å². The zero-order valence-electron chi connectivity index (χ0n) is 12.1. The summed E-state index contributed by atoms with van der Waals surface area (Å²) in [6.45, 7) is 10.2. The molecule has 0 heterocycles. The number of aromatic hydroxyl groups is 1. The largest absolute Gasteiger partial charge is 0.507 e. The van der Waals surface area contributed by atoms with E-state index in [-0.39, 0.29) is 23.1 Å². The molecule has 1 amide bonds. The monoisotopic (exact) mass is 249 g/mol. The van der Waals surface area contributed by atoms with Crippen LogP contribution in [0.3, 0.4) is 0 Å². The third-order valence-electron chi connectivity index (χ3n) is 3.54. The second kappa shape index (κ2) is 5.01. The van der Waals surface area contributed by atoms with Gasteiger partial charge in [0.25, 0.3) is 5.91 Å². The topological polar surface area (TPSA) is 40.5 Å². The van der Waals surface area contributed by atoms with Gasteiger partial charge >= 0.3 is 0 Å². The summed E-state index contributed by atoms with van der Waals surface area (Å²) in [7, 11) is 1.78. The fraction of sp³-hybridized carbons (Fsp3) is 0.533. The Labute approximate surface area is 109 Å². The molecule has 1 unspecified atom stereocenters. The first-order valence-electron chi connectivity index (χ1n) is 6.21. The van der Waals surface area contributed by atoms with E-state index in [1.54, 1.807) is 24.1 Å². The van der Waals surface area contributed by atoms with Crippen molar-refractivity contribution in [2.24, 2.45) is 5.41 Å². The Balaban J connectivity index is 3.00. The standard InChI is InChI=1S/C15H23NO2/c1-10-7-8-12(13(17)9-10)14(18)16(6)11(2)15(3,4)5/h7-9,11,17H,1-6H3. The molecule has 0 aliphatic carbocycles. The molecule has 0 aliphatic rings. The molecule has 0 aromatic heterocycles. The van der Waals surface area contributed by atoms with E-state index in [9.17, 15) is 9.90 Å². The molecule has 18 heavy (non-hydrogen) atoms. The number of nitrogens with zero attached hydrogens (tertiary/aromatic N) is 1. The smallest absolute Gasteiger partial charge is 0.257 e. The number of hydrogen-bond acceptors (Lipinski definition) is 2. The fourth-order valence-corrected chi connectivity index (χ4v) is 1.77. The van der Waals surface area contributed by atoms with Crippen molar-refractivity contribution in [2.45, 2.75) is 40.7 Å². The highest BCUT2D eigenvalue weighted by Gasteiger charge is 2.28. The molecule has 0 spiro atoms. The summed E-state index contributed by atoms with van der Waals surface area (Å²) in [4.78, 5) is 14.0. The molecule has 1 rings (SSSR count). The van der Waals surface area contributed by atoms with E-state index in [0.717, 1.165) is 5.56 Å². The molecule has 0 saturated carbocycles. The molecular formula is C15H23NO2. The fourth-order valence-electron chi connectivity index (χ4n) is 1.77. The van der Waals surface area contributed by atoms with Crippen LogP contribution >= 0.6 is 0 Å². The molecule has 1 N–H and O–H groups in total. The van der Waals surface area contributed by atoms with Crippen LogP contribution in [0.4, 0.5) is 0 Å². The van der Waals surface area contributed by atoms with Crippen LogP contribution in [0.1, 0.15) is 43.6 Å². The highest BCUT2D eigenvalue weighted by atomic mass is 16.3. The second-order valence-corrected chi connectivity index (χ2v) is 5.98. The number of carbonyl (C=O) groups is 1. The van der Waals surface area contributed by atoms with Crippen LogP contribution in [-0.2, 0) is 0 Å². The molecule has 0 saturated heterocycles. The van der Waals surface area contributed by atoms with E-state index in [4.69, 9.17) is 0 Å². The zero-order chi connectivity index (χ0) is 14.1. The summed E-state index contributed by atoms with van der Waals surface area (Å²) in [5.74, 6) is -0.0946. The summed E-state index contributed by atoms with van der Waals surface area (Å²) in [5.41, 5.74) is 1.31. The lowest BCUT2D eigenvalue weighted by molar-refractivity contribution is 0.0626. The minimum Gasteiger partial charge on any atom is -0.507 e.